The highest BCUT2D eigenvalue weighted by molar-refractivity contribution is 5.95. The third-order valence-corrected chi connectivity index (χ3v) is 3.80. The average molecular weight is 389 g/mol. The van der Waals surface area contributed by atoms with E-state index in [2.05, 4.69) is 10.5 Å². The van der Waals surface area contributed by atoms with Crippen LogP contribution in [0.3, 0.4) is 0 Å². The lowest BCUT2D eigenvalue weighted by Gasteiger charge is -2.04. The molecule has 1 N–H and O–H groups in total. The van der Waals surface area contributed by atoms with Crippen molar-refractivity contribution < 1.29 is 19.2 Å². The molecule has 0 bridgehead atoms. The van der Waals surface area contributed by atoms with E-state index in [0.717, 1.165) is 0 Å². The molecule has 0 aromatic heterocycles. The Hall–Kier alpha value is -4.33. The van der Waals surface area contributed by atoms with Crippen LogP contribution in [0.4, 0.5) is 5.69 Å². The van der Waals surface area contributed by atoms with Gasteiger partial charge in [-0.2, -0.15) is 5.10 Å². The molecule has 0 aliphatic heterocycles. The van der Waals surface area contributed by atoms with Crippen LogP contribution in [0.25, 0.3) is 0 Å². The second kappa shape index (κ2) is 9.05. The van der Waals surface area contributed by atoms with Crippen molar-refractivity contribution in [2.45, 2.75) is 0 Å². The van der Waals surface area contributed by atoms with Gasteiger partial charge >= 0.3 is 5.97 Å². The minimum absolute atomic E-state index is 0.125. The van der Waals surface area contributed by atoms with Crippen LogP contribution in [-0.4, -0.2) is 23.0 Å². The van der Waals surface area contributed by atoms with Gasteiger partial charge in [0.05, 0.1) is 16.7 Å². The van der Waals surface area contributed by atoms with Gasteiger partial charge in [0.1, 0.15) is 5.75 Å². The summed E-state index contributed by atoms with van der Waals surface area (Å²) in [5.41, 5.74) is 3.35. The highest BCUT2D eigenvalue weighted by Crippen LogP contribution is 2.14. The van der Waals surface area contributed by atoms with E-state index in [4.69, 9.17) is 4.74 Å². The topological polar surface area (TPSA) is 111 Å². The third kappa shape index (κ3) is 5.33. The largest absolute Gasteiger partial charge is 0.423 e. The lowest BCUT2D eigenvalue weighted by Crippen LogP contribution is -2.17. The van der Waals surface area contributed by atoms with Crippen molar-refractivity contribution in [2.24, 2.45) is 5.10 Å². The molecule has 8 heteroatoms. The summed E-state index contributed by atoms with van der Waals surface area (Å²) in [6.07, 6.45) is 1.40. The van der Waals surface area contributed by atoms with Crippen molar-refractivity contribution in [3.63, 3.8) is 0 Å². The van der Waals surface area contributed by atoms with Gasteiger partial charge in [0.15, 0.2) is 0 Å². The summed E-state index contributed by atoms with van der Waals surface area (Å²) in [5, 5.41) is 14.6. The van der Waals surface area contributed by atoms with Gasteiger partial charge < -0.3 is 4.74 Å². The highest BCUT2D eigenvalue weighted by atomic mass is 16.6. The van der Waals surface area contributed by atoms with E-state index in [1.807, 2.05) is 6.07 Å². The number of hydrazone groups is 1. The van der Waals surface area contributed by atoms with Crippen molar-refractivity contribution in [1.82, 2.24) is 5.43 Å². The molecule has 144 valence electrons. The van der Waals surface area contributed by atoms with Crippen molar-refractivity contribution in [3.8, 4) is 5.75 Å². The van der Waals surface area contributed by atoms with Crippen LogP contribution in [0.2, 0.25) is 0 Å². The maximum Gasteiger partial charge on any atom is 0.343 e. The number of ether oxygens (including phenoxy) is 1. The third-order valence-electron chi connectivity index (χ3n) is 3.80. The maximum atomic E-state index is 12.0. The predicted octanol–water partition coefficient (Wildman–Crippen LogP) is 3.58. The fraction of sp³-hybridized carbons (Fsp3) is 0. The van der Waals surface area contributed by atoms with Crippen LogP contribution < -0.4 is 10.2 Å². The number of carbonyl (C=O) groups is 2. The Kier molecular flexibility index (Phi) is 6.06. The number of amides is 1. The molecule has 0 unspecified atom stereocenters. The summed E-state index contributed by atoms with van der Waals surface area (Å²) in [7, 11) is 0. The van der Waals surface area contributed by atoms with Crippen molar-refractivity contribution in [2.75, 3.05) is 0 Å². The fourth-order valence-corrected chi connectivity index (χ4v) is 2.35. The first-order chi connectivity index (χ1) is 14.0. The van der Waals surface area contributed by atoms with E-state index in [1.54, 1.807) is 48.5 Å². The molecule has 29 heavy (non-hydrogen) atoms. The molecule has 3 rings (SSSR count). The molecule has 0 spiro atoms. The van der Waals surface area contributed by atoms with Crippen molar-refractivity contribution in [1.29, 1.82) is 0 Å². The van der Waals surface area contributed by atoms with Gasteiger partial charge in [-0.25, -0.2) is 10.2 Å². The summed E-state index contributed by atoms with van der Waals surface area (Å²) in [6.45, 7) is 0. The zero-order chi connectivity index (χ0) is 20.6. The first-order valence-corrected chi connectivity index (χ1v) is 8.48. The first kappa shape index (κ1) is 19.4. The second-order valence-corrected chi connectivity index (χ2v) is 5.83. The maximum absolute atomic E-state index is 12.0. The molecule has 1 amide bonds. The number of esters is 1. The quantitative estimate of drug-likeness (QED) is 0.228. The minimum Gasteiger partial charge on any atom is -0.423 e. The molecule has 0 saturated carbocycles. The number of nitrogens with one attached hydrogen (secondary N) is 1. The molecule has 0 saturated heterocycles. The number of nitro benzene ring substituents is 1. The Morgan fingerprint density at radius 2 is 1.62 bits per heavy atom. The molecular weight excluding hydrogens is 374 g/mol. The van der Waals surface area contributed by atoms with Gasteiger partial charge in [0.25, 0.3) is 11.6 Å². The highest BCUT2D eigenvalue weighted by Gasteiger charge is 2.11. The van der Waals surface area contributed by atoms with Crippen LogP contribution in [0.5, 0.6) is 5.75 Å². The fourth-order valence-electron chi connectivity index (χ4n) is 2.35. The molecule has 3 aromatic carbocycles. The van der Waals surface area contributed by atoms with Crippen LogP contribution in [0, 0.1) is 10.1 Å². The number of nitrogens with zero attached hydrogens (tertiary/aromatic N) is 2. The molecule has 0 aliphatic rings. The summed E-state index contributed by atoms with van der Waals surface area (Å²) in [5.74, 6) is -0.661. The van der Waals surface area contributed by atoms with Crippen LogP contribution in [0.15, 0.2) is 84.0 Å². The Labute approximate surface area is 165 Å². The van der Waals surface area contributed by atoms with E-state index in [9.17, 15) is 19.7 Å². The Morgan fingerprint density at radius 3 is 2.31 bits per heavy atom. The number of hydrogen-bond acceptors (Lipinski definition) is 6. The zero-order valence-corrected chi connectivity index (χ0v) is 15.0. The minimum atomic E-state index is -0.577. The summed E-state index contributed by atoms with van der Waals surface area (Å²) >= 11 is 0. The van der Waals surface area contributed by atoms with E-state index >= 15 is 0 Å². The lowest BCUT2D eigenvalue weighted by molar-refractivity contribution is -0.384. The van der Waals surface area contributed by atoms with Crippen LogP contribution in [-0.2, 0) is 0 Å². The second-order valence-electron chi connectivity index (χ2n) is 5.83. The van der Waals surface area contributed by atoms with Gasteiger partial charge in [-0.3, -0.25) is 14.9 Å². The van der Waals surface area contributed by atoms with E-state index in [0.29, 0.717) is 16.9 Å². The average Bonchev–Trinajstić information content (AvgIpc) is 2.75. The predicted molar refractivity (Wildman–Crippen MR) is 106 cm³/mol. The molecule has 0 atom stereocenters. The monoisotopic (exact) mass is 389 g/mol. The van der Waals surface area contributed by atoms with E-state index < -0.39 is 16.8 Å². The van der Waals surface area contributed by atoms with Gasteiger partial charge in [-0.15, -0.1) is 0 Å². The standard InChI is InChI=1S/C21H15N3O5/c25-20(17-7-4-8-18(13-17)24(27)28)23-22-14-15-9-11-19(12-10-15)29-21(26)16-5-2-1-3-6-16/h1-14H,(H,23,25). The van der Waals surface area contributed by atoms with Gasteiger partial charge in [-0.05, 0) is 48.0 Å². The number of hydrogen-bond donors (Lipinski definition) is 1. The SMILES string of the molecule is O=C(NN=Cc1ccc(OC(=O)c2ccccc2)cc1)c1cccc([N+](=O)[O-])c1. The number of non-ortho nitro benzene ring substituents is 1. The van der Waals surface area contributed by atoms with Gasteiger partial charge in [0.2, 0.25) is 0 Å². The Morgan fingerprint density at radius 1 is 0.931 bits per heavy atom. The number of nitro groups is 1. The zero-order valence-electron chi connectivity index (χ0n) is 15.0. The lowest BCUT2D eigenvalue weighted by atomic mass is 10.2. The molecule has 8 nitrogen and oxygen atoms in total. The number of carbonyl (C=O) groups excluding carboxylic acids is 2. The summed E-state index contributed by atoms with van der Waals surface area (Å²) in [6, 6.07) is 20.5. The summed E-state index contributed by atoms with van der Waals surface area (Å²) < 4.78 is 5.28. The molecule has 0 aliphatic carbocycles. The molecule has 3 aromatic rings. The van der Waals surface area contributed by atoms with Crippen LogP contribution in [0.1, 0.15) is 26.3 Å². The summed E-state index contributed by atoms with van der Waals surface area (Å²) in [4.78, 5) is 34.2. The van der Waals surface area contributed by atoms with Crippen LogP contribution >= 0.6 is 0 Å². The molecule has 0 fully saturated rings. The molecular formula is C21H15N3O5. The van der Waals surface area contributed by atoms with Crippen molar-refractivity contribution >= 4 is 23.8 Å². The Bertz CT molecular complexity index is 1060. The van der Waals surface area contributed by atoms with Gasteiger partial charge in [0, 0.05) is 17.7 Å². The number of benzene rings is 3. The molecule has 0 heterocycles. The number of rotatable bonds is 6. The normalized spacial score (nSPS) is 10.5. The van der Waals surface area contributed by atoms with Crippen molar-refractivity contribution in [3.05, 3.63) is 106 Å². The smallest absolute Gasteiger partial charge is 0.343 e. The van der Waals surface area contributed by atoms with E-state index in [-0.39, 0.29) is 11.3 Å². The molecule has 0 radical (unpaired) electrons. The Balaban J connectivity index is 1.57. The van der Waals surface area contributed by atoms with E-state index in [1.165, 1.54) is 30.5 Å². The van der Waals surface area contributed by atoms with Gasteiger partial charge in [-0.1, -0.05) is 24.3 Å². The first-order valence-electron chi connectivity index (χ1n) is 8.48.